The molecule has 1 heterocycles. The first-order chi connectivity index (χ1) is 7.45. The summed E-state index contributed by atoms with van der Waals surface area (Å²) in [5, 5.41) is 0.882. The maximum Gasteiger partial charge on any atom is 0.143 e. The van der Waals surface area contributed by atoms with Gasteiger partial charge in [0, 0.05) is 22.2 Å². The van der Waals surface area contributed by atoms with E-state index < -0.39 is 6.85 Å². The average molecular weight is 178 g/mol. The summed E-state index contributed by atoms with van der Waals surface area (Å²) >= 11 is 0. The van der Waals surface area contributed by atoms with Crippen molar-refractivity contribution in [3.05, 3.63) is 30.0 Å². The van der Waals surface area contributed by atoms with Gasteiger partial charge in [0.2, 0.25) is 0 Å². The average Bonchev–Trinajstić information content (AvgIpc) is 2.56. The maximum atomic E-state index is 7.45. The summed E-state index contributed by atoms with van der Waals surface area (Å²) in [6, 6.07) is 7.24. The molecule has 0 aliphatic rings. The standard InChI is InChI=1S/C11H13NO/c1-8-7-9-5-4-6-10(13-3)11(9)12(8)2/h4-7H,1-3H3/i1D3. The molecule has 0 fully saturated rings. The van der Waals surface area contributed by atoms with Crippen LogP contribution in [-0.2, 0) is 7.05 Å². The molecule has 13 heavy (non-hydrogen) atoms. The summed E-state index contributed by atoms with van der Waals surface area (Å²) in [6.07, 6.45) is 0. The highest BCUT2D eigenvalue weighted by Crippen LogP contribution is 2.27. The monoisotopic (exact) mass is 178 g/mol. The van der Waals surface area contributed by atoms with Crippen molar-refractivity contribution in [2.45, 2.75) is 6.85 Å². The quantitative estimate of drug-likeness (QED) is 0.654. The minimum Gasteiger partial charge on any atom is -0.495 e. The number of methoxy groups -OCH3 is 1. The van der Waals surface area contributed by atoms with E-state index in [0.29, 0.717) is 11.4 Å². The molecule has 0 unspecified atom stereocenters. The molecule has 2 nitrogen and oxygen atoms in total. The molecule has 0 radical (unpaired) electrons. The van der Waals surface area contributed by atoms with Crippen LogP contribution in [0.25, 0.3) is 10.9 Å². The predicted octanol–water partition coefficient (Wildman–Crippen LogP) is 2.50. The van der Waals surface area contributed by atoms with Gasteiger partial charge in [0.15, 0.2) is 0 Å². The van der Waals surface area contributed by atoms with Crippen LogP contribution >= 0.6 is 0 Å². The molecule has 0 aliphatic heterocycles. The number of para-hydroxylation sites is 1. The molecule has 68 valence electrons. The van der Waals surface area contributed by atoms with E-state index in [4.69, 9.17) is 8.85 Å². The molecular weight excluding hydrogens is 162 g/mol. The van der Waals surface area contributed by atoms with Crippen molar-refractivity contribution in [1.82, 2.24) is 4.57 Å². The Balaban J connectivity index is 2.79. The molecular formula is C11H13NO. The summed E-state index contributed by atoms with van der Waals surface area (Å²) in [4.78, 5) is 0. The fourth-order valence-electron chi connectivity index (χ4n) is 1.54. The number of ether oxygens (including phenoxy) is 1. The Bertz CT molecular complexity index is 528. The number of benzene rings is 1. The van der Waals surface area contributed by atoms with Crippen molar-refractivity contribution in [2.24, 2.45) is 7.05 Å². The van der Waals surface area contributed by atoms with Crippen LogP contribution in [-0.4, -0.2) is 11.7 Å². The van der Waals surface area contributed by atoms with Crippen LogP contribution in [0.2, 0.25) is 0 Å². The zero-order valence-corrected chi connectivity index (χ0v) is 7.66. The Morgan fingerprint density at radius 2 is 2.31 bits per heavy atom. The topological polar surface area (TPSA) is 14.2 Å². The minimum absolute atomic E-state index is 0.326. The van der Waals surface area contributed by atoms with Crippen LogP contribution in [0.1, 0.15) is 9.81 Å². The fourth-order valence-corrected chi connectivity index (χ4v) is 1.54. The van der Waals surface area contributed by atoms with Crippen molar-refractivity contribution in [3.63, 3.8) is 0 Å². The lowest BCUT2D eigenvalue weighted by Gasteiger charge is -2.04. The van der Waals surface area contributed by atoms with Gasteiger partial charge in [-0.1, -0.05) is 12.1 Å². The number of hydrogen-bond acceptors (Lipinski definition) is 1. The van der Waals surface area contributed by atoms with E-state index in [2.05, 4.69) is 0 Å². The second-order valence-electron chi connectivity index (χ2n) is 2.99. The first kappa shape index (κ1) is 5.32. The number of rotatable bonds is 1. The summed E-state index contributed by atoms with van der Waals surface area (Å²) < 4.78 is 29.2. The zero-order chi connectivity index (χ0) is 11.9. The second kappa shape index (κ2) is 2.80. The van der Waals surface area contributed by atoms with Gasteiger partial charge in [-0.05, 0) is 19.0 Å². The number of aryl methyl sites for hydroxylation is 2. The van der Waals surface area contributed by atoms with Crippen molar-refractivity contribution >= 4 is 10.9 Å². The molecule has 2 rings (SSSR count). The molecule has 0 saturated carbocycles. The van der Waals surface area contributed by atoms with E-state index in [1.165, 1.54) is 0 Å². The number of nitrogens with zero attached hydrogens (tertiary/aromatic N) is 1. The van der Waals surface area contributed by atoms with E-state index in [0.717, 1.165) is 10.9 Å². The molecule has 0 amide bonds. The highest BCUT2D eigenvalue weighted by molar-refractivity contribution is 5.86. The predicted molar refractivity (Wildman–Crippen MR) is 54.2 cm³/mol. The van der Waals surface area contributed by atoms with E-state index in [9.17, 15) is 0 Å². The van der Waals surface area contributed by atoms with Gasteiger partial charge in [-0.2, -0.15) is 0 Å². The van der Waals surface area contributed by atoms with Crippen molar-refractivity contribution in [3.8, 4) is 5.75 Å². The van der Waals surface area contributed by atoms with Gasteiger partial charge in [0.1, 0.15) is 5.75 Å². The SMILES string of the molecule is [2H]C([2H])([2H])c1cc2cccc(OC)c2n1C. The Morgan fingerprint density at radius 1 is 1.46 bits per heavy atom. The summed E-state index contributed by atoms with van der Waals surface area (Å²) in [6.45, 7) is -2.10. The van der Waals surface area contributed by atoms with E-state index in [1.807, 2.05) is 18.2 Å². The van der Waals surface area contributed by atoms with Gasteiger partial charge < -0.3 is 9.30 Å². The minimum atomic E-state index is -2.10. The molecule has 2 aromatic rings. The third-order valence-electron chi connectivity index (χ3n) is 2.24. The highest BCUT2D eigenvalue weighted by atomic mass is 16.5. The van der Waals surface area contributed by atoms with Crippen LogP contribution < -0.4 is 4.74 Å². The lowest BCUT2D eigenvalue weighted by molar-refractivity contribution is 0.418. The molecule has 1 aromatic carbocycles. The van der Waals surface area contributed by atoms with Crippen molar-refractivity contribution < 1.29 is 8.85 Å². The summed E-state index contributed by atoms with van der Waals surface area (Å²) in [5.74, 6) is 0.690. The Morgan fingerprint density at radius 3 is 3.00 bits per heavy atom. The first-order valence-corrected chi connectivity index (χ1v) is 4.08. The Hall–Kier alpha value is -1.44. The number of aromatic nitrogens is 1. The van der Waals surface area contributed by atoms with Crippen LogP contribution in [0.15, 0.2) is 24.3 Å². The Kier molecular flexibility index (Phi) is 1.15. The number of hydrogen-bond donors (Lipinski definition) is 0. The third-order valence-corrected chi connectivity index (χ3v) is 2.24. The Labute approximate surface area is 82.0 Å². The molecule has 0 saturated heterocycles. The van der Waals surface area contributed by atoms with Gasteiger partial charge in [0.25, 0.3) is 0 Å². The van der Waals surface area contributed by atoms with Gasteiger partial charge in [0.05, 0.1) is 12.6 Å². The van der Waals surface area contributed by atoms with E-state index in [-0.39, 0.29) is 0 Å². The lowest BCUT2D eigenvalue weighted by Crippen LogP contribution is -1.92. The largest absolute Gasteiger partial charge is 0.495 e. The molecule has 0 spiro atoms. The second-order valence-corrected chi connectivity index (χ2v) is 2.99. The van der Waals surface area contributed by atoms with Gasteiger partial charge in [-0.3, -0.25) is 0 Å². The van der Waals surface area contributed by atoms with Crippen molar-refractivity contribution in [1.29, 1.82) is 0 Å². The van der Waals surface area contributed by atoms with Crippen molar-refractivity contribution in [2.75, 3.05) is 7.11 Å². The number of fused-ring (bicyclic) bond motifs is 1. The van der Waals surface area contributed by atoms with Crippen LogP contribution in [0.5, 0.6) is 5.75 Å². The first-order valence-electron chi connectivity index (χ1n) is 5.58. The van der Waals surface area contributed by atoms with E-state index >= 15 is 0 Å². The van der Waals surface area contributed by atoms with Gasteiger partial charge >= 0.3 is 0 Å². The highest BCUT2D eigenvalue weighted by Gasteiger charge is 2.06. The third kappa shape index (κ3) is 1.10. The zero-order valence-electron chi connectivity index (χ0n) is 10.7. The molecule has 0 atom stereocenters. The maximum absolute atomic E-state index is 7.45. The molecule has 2 heteroatoms. The van der Waals surface area contributed by atoms with Crippen LogP contribution in [0.3, 0.4) is 0 Å². The van der Waals surface area contributed by atoms with E-state index in [1.54, 1.807) is 24.8 Å². The molecule has 0 bridgehead atoms. The van der Waals surface area contributed by atoms with Crippen LogP contribution in [0, 0.1) is 6.85 Å². The molecule has 1 aromatic heterocycles. The smallest absolute Gasteiger partial charge is 0.143 e. The van der Waals surface area contributed by atoms with Crippen LogP contribution in [0.4, 0.5) is 0 Å². The lowest BCUT2D eigenvalue weighted by atomic mass is 10.2. The summed E-state index contributed by atoms with van der Waals surface area (Å²) in [7, 11) is 3.32. The normalized spacial score (nSPS) is 15.1. The fraction of sp³-hybridized carbons (Fsp3) is 0.273. The summed E-state index contributed by atoms with van der Waals surface area (Å²) in [5.41, 5.74) is 1.14. The molecule has 0 N–H and O–H groups in total. The van der Waals surface area contributed by atoms with Gasteiger partial charge in [-0.25, -0.2) is 0 Å². The van der Waals surface area contributed by atoms with Gasteiger partial charge in [-0.15, -0.1) is 0 Å². The molecule has 0 aliphatic carbocycles.